The van der Waals surface area contributed by atoms with Crippen molar-refractivity contribution >= 4 is 50.7 Å². The van der Waals surface area contributed by atoms with Crippen molar-refractivity contribution in [3.8, 4) is 0 Å². The first-order valence-electron chi connectivity index (χ1n) is 9.26. The number of Topliss-reactive ketones (excluding diaryl/α,β-unsaturated/α-hetero) is 1. The van der Waals surface area contributed by atoms with E-state index in [9.17, 15) is 14.7 Å². The average Bonchev–Trinajstić information content (AvgIpc) is 2.99. The second kappa shape index (κ2) is 8.09. The van der Waals surface area contributed by atoms with Gasteiger partial charge < -0.3 is 5.11 Å². The molecule has 1 heterocycles. The first kappa shape index (κ1) is 20.4. The van der Waals surface area contributed by atoms with Gasteiger partial charge in [-0.15, -0.1) is 0 Å². The van der Waals surface area contributed by atoms with E-state index in [0.717, 1.165) is 15.6 Å². The lowest BCUT2D eigenvalue weighted by molar-refractivity contribution is -0.132. The molecule has 1 fully saturated rings. The van der Waals surface area contributed by atoms with Gasteiger partial charge in [0.15, 0.2) is 0 Å². The van der Waals surface area contributed by atoms with Crippen molar-refractivity contribution in [1.29, 1.82) is 0 Å². The van der Waals surface area contributed by atoms with E-state index in [-0.39, 0.29) is 11.3 Å². The number of rotatable bonds is 3. The predicted octanol–water partition coefficient (Wildman–Crippen LogP) is 6.04. The van der Waals surface area contributed by atoms with E-state index in [1.807, 2.05) is 49.4 Å². The SMILES string of the molecule is Cc1cccc(N2C(=O)C(=O)/C(=C(\O)c3ccc(Cl)cc3)C2c2ccc(Br)cc2)c1. The lowest BCUT2D eigenvalue weighted by atomic mass is 9.95. The molecule has 0 spiro atoms. The lowest BCUT2D eigenvalue weighted by Gasteiger charge is -2.25. The molecule has 0 aromatic heterocycles. The average molecular weight is 483 g/mol. The van der Waals surface area contributed by atoms with Crippen LogP contribution in [0.25, 0.3) is 5.76 Å². The summed E-state index contributed by atoms with van der Waals surface area (Å²) < 4.78 is 0.872. The maximum Gasteiger partial charge on any atom is 0.300 e. The number of aliphatic hydroxyl groups excluding tert-OH is 1. The van der Waals surface area contributed by atoms with Gasteiger partial charge >= 0.3 is 0 Å². The highest BCUT2D eigenvalue weighted by Crippen LogP contribution is 2.42. The van der Waals surface area contributed by atoms with E-state index < -0.39 is 17.7 Å². The fourth-order valence-corrected chi connectivity index (χ4v) is 3.99. The highest BCUT2D eigenvalue weighted by molar-refractivity contribution is 9.10. The Morgan fingerprint density at radius 1 is 1.00 bits per heavy atom. The molecule has 1 saturated heterocycles. The summed E-state index contributed by atoms with van der Waals surface area (Å²) in [4.78, 5) is 27.6. The summed E-state index contributed by atoms with van der Waals surface area (Å²) >= 11 is 9.37. The molecule has 1 amide bonds. The van der Waals surface area contributed by atoms with E-state index in [2.05, 4.69) is 15.9 Å². The van der Waals surface area contributed by atoms with Crippen LogP contribution >= 0.6 is 27.5 Å². The fraction of sp³-hybridized carbons (Fsp3) is 0.0833. The summed E-state index contributed by atoms with van der Waals surface area (Å²) in [5.41, 5.74) is 2.74. The zero-order chi connectivity index (χ0) is 21.4. The van der Waals surface area contributed by atoms with Crippen LogP contribution in [0.5, 0.6) is 0 Å². The molecule has 150 valence electrons. The first-order valence-corrected chi connectivity index (χ1v) is 10.4. The van der Waals surface area contributed by atoms with Crippen molar-refractivity contribution in [1.82, 2.24) is 0 Å². The standard InChI is InChI=1S/C24H17BrClNO3/c1-14-3-2-4-19(13-14)27-21(15-5-9-17(25)10-6-15)20(23(29)24(27)30)22(28)16-7-11-18(26)12-8-16/h2-13,21,28H,1H3/b22-20-. The highest BCUT2D eigenvalue weighted by atomic mass is 79.9. The maximum atomic E-state index is 13.1. The van der Waals surface area contributed by atoms with Crippen molar-refractivity contribution in [3.05, 3.63) is 105 Å². The van der Waals surface area contributed by atoms with E-state index in [1.54, 1.807) is 30.3 Å². The molecule has 4 rings (SSSR count). The first-order chi connectivity index (χ1) is 14.4. The Morgan fingerprint density at radius 3 is 2.30 bits per heavy atom. The summed E-state index contributed by atoms with van der Waals surface area (Å²) in [7, 11) is 0. The Morgan fingerprint density at radius 2 is 1.67 bits per heavy atom. The van der Waals surface area contributed by atoms with Crippen LogP contribution in [-0.2, 0) is 9.59 Å². The number of hydrogen-bond acceptors (Lipinski definition) is 3. The van der Waals surface area contributed by atoms with Crippen molar-refractivity contribution in [2.45, 2.75) is 13.0 Å². The molecular formula is C24H17BrClNO3. The molecule has 30 heavy (non-hydrogen) atoms. The summed E-state index contributed by atoms with van der Waals surface area (Å²) in [6.45, 7) is 1.92. The molecule has 1 unspecified atom stereocenters. The Kier molecular flexibility index (Phi) is 5.50. The van der Waals surface area contributed by atoms with E-state index in [0.29, 0.717) is 16.3 Å². The molecule has 0 bridgehead atoms. The second-order valence-electron chi connectivity index (χ2n) is 7.07. The number of carbonyl (C=O) groups is 2. The van der Waals surface area contributed by atoms with Gasteiger partial charge in [0.05, 0.1) is 11.6 Å². The van der Waals surface area contributed by atoms with Gasteiger partial charge in [-0.3, -0.25) is 14.5 Å². The second-order valence-corrected chi connectivity index (χ2v) is 8.42. The molecule has 6 heteroatoms. The van der Waals surface area contributed by atoms with Gasteiger partial charge in [0.25, 0.3) is 11.7 Å². The molecule has 1 atom stereocenters. The maximum absolute atomic E-state index is 13.1. The summed E-state index contributed by atoms with van der Waals surface area (Å²) in [6.07, 6.45) is 0. The minimum absolute atomic E-state index is 0.0474. The Balaban J connectivity index is 1.95. The molecule has 0 saturated carbocycles. The molecule has 1 aliphatic heterocycles. The molecule has 1 aliphatic rings. The lowest BCUT2D eigenvalue weighted by Crippen LogP contribution is -2.29. The number of nitrogens with zero attached hydrogens (tertiary/aromatic N) is 1. The van der Waals surface area contributed by atoms with Crippen LogP contribution in [0.1, 0.15) is 22.7 Å². The van der Waals surface area contributed by atoms with Crippen molar-refractivity contribution < 1.29 is 14.7 Å². The third-order valence-electron chi connectivity index (χ3n) is 5.03. The molecule has 0 radical (unpaired) electrons. The van der Waals surface area contributed by atoms with Crippen LogP contribution in [-0.4, -0.2) is 16.8 Å². The molecule has 0 aliphatic carbocycles. The number of anilines is 1. The van der Waals surface area contributed by atoms with Gasteiger partial charge in [0.2, 0.25) is 0 Å². The topological polar surface area (TPSA) is 57.6 Å². The zero-order valence-electron chi connectivity index (χ0n) is 16.0. The Hall–Kier alpha value is -2.89. The number of hydrogen-bond donors (Lipinski definition) is 1. The summed E-state index contributed by atoms with van der Waals surface area (Å²) in [5, 5.41) is 11.5. The number of ketones is 1. The van der Waals surface area contributed by atoms with Crippen molar-refractivity contribution in [3.63, 3.8) is 0 Å². The number of aryl methyl sites for hydroxylation is 1. The van der Waals surface area contributed by atoms with E-state index >= 15 is 0 Å². The summed E-state index contributed by atoms with van der Waals surface area (Å²) in [5.74, 6) is -1.63. The largest absolute Gasteiger partial charge is 0.507 e. The van der Waals surface area contributed by atoms with Gasteiger partial charge in [-0.1, -0.05) is 51.8 Å². The minimum Gasteiger partial charge on any atom is -0.507 e. The predicted molar refractivity (Wildman–Crippen MR) is 122 cm³/mol. The van der Waals surface area contributed by atoms with Crippen LogP contribution < -0.4 is 4.90 Å². The van der Waals surface area contributed by atoms with Crippen molar-refractivity contribution in [2.24, 2.45) is 0 Å². The van der Waals surface area contributed by atoms with E-state index in [1.165, 1.54) is 4.90 Å². The minimum atomic E-state index is -0.754. The summed E-state index contributed by atoms with van der Waals surface area (Å²) in [6, 6.07) is 20.5. The van der Waals surface area contributed by atoms with Gasteiger partial charge in [-0.2, -0.15) is 0 Å². The number of carbonyl (C=O) groups excluding carboxylic acids is 2. The van der Waals surface area contributed by atoms with E-state index in [4.69, 9.17) is 11.6 Å². The number of halogens is 2. The van der Waals surface area contributed by atoms with Gasteiger partial charge in [0, 0.05) is 20.7 Å². The number of amides is 1. The van der Waals surface area contributed by atoms with Gasteiger partial charge in [0.1, 0.15) is 5.76 Å². The monoisotopic (exact) mass is 481 g/mol. The van der Waals surface area contributed by atoms with Gasteiger partial charge in [-0.25, -0.2) is 0 Å². The fourth-order valence-electron chi connectivity index (χ4n) is 3.60. The molecule has 1 N–H and O–H groups in total. The van der Waals surface area contributed by atoms with Crippen LogP contribution in [0.3, 0.4) is 0 Å². The molecule has 3 aromatic rings. The molecule has 4 nitrogen and oxygen atoms in total. The third kappa shape index (κ3) is 3.66. The third-order valence-corrected chi connectivity index (χ3v) is 5.81. The molecule has 3 aromatic carbocycles. The van der Waals surface area contributed by atoms with Crippen LogP contribution in [0, 0.1) is 6.92 Å². The van der Waals surface area contributed by atoms with Crippen LogP contribution in [0.15, 0.2) is 82.8 Å². The number of benzene rings is 3. The quantitative estimate of drug-likeness (QED) is 0.281. The van der Waals surface area contributed by atoms with Crippen molar-refractivity contribution in [2.75, 3.05) is 4.90 Å². The molecular weight excluding hydrogens is 466 g/mol. The normalized spacial score (nSPS) is 18.1. The van der Waals surface area contributed by atoms with Crippen LogP contribution in [0.4, 0.5) is 5.69 Å². The smallest absolute Gasteiger partial charge is 0.300 e. The Bertz CT molecular complexity index is 1170. The zero-order valence-corrected chi connectivity index (χ0v) is 18.3. The van der Waals surface area contributed by atoms with Gasteiger partial charge in [-0.05, 0) is 66.6 Å². The van der Waals surface area contributed by atoms with Crippen LogP contribution in [0.2, 0.25) is 5.02 Å². The highest BCUT2D eigenvalue weighted by Gasteiger charge is 2.46. The number of aliphatic hydroxyl groups is 1. The Labute approximate surface area is 187 Å².